The summed E-state index contributed by atoms with van der Waals surface area (Å²) in [5, 5.41) is 13.1. The first-order valence-electron chi connectivity index (χ1n) is 8.09. The van der Waals surface area contributed by atoms with Gasteiger partial charge in [0.25, 0.3) is 0 Å². The van der Waals surface area contributed by atoms with Crippen LogP contribution < -0.4 is 5.32 Å². The molecular weight excluding hydrogens is 252 g/mol. The number of nitrogens with one attached hydrogen (secondary N) is 1. The van der Waals surface area contributed by atoms with E-state index in [2.05, 4.69) is 24.1 Å². The van der Waals surface area contributed by atoms with Gasteiger partial charge in [-0.1, -0.05) is 13.8 Å². The summed E-state index contributed by atoms with van der Waals surface area (Å²) in [6.07, 6.45) is 3.67. The highest BCUT2D eigenvalue weighted by atomic mass is 16.4. The molecule has 2 N–H and O–H groups in total. The summed E-state index contributed by atoms with van der Waals surface area (Å²) in [6, 6.07) is 0.639. The molecule has 0 amide bonds. The summed E-state index contributed by atoms with van der Waals surface area (Å²) >= 11 is 0. The minimum atomic E-state index is -0.716. The molecule has 4 unspecified atom stereocenters. The van der Waals surface area contributed by atoms with Crippen molar-refractivity contribution >= 4 is 5.97 Å². The van der Waals surface area contributed by atoms with Gasteiger partial charge in [0.05, 0.1) is 0 Å². The van der Waals surface area contributed by atoms with E-state index in [0.29, 0.717) is 6.04 Å². The molecule has 1 aliphatic heterocycles. The molecule has 0 spiro atoms. The van der Waals surface area contributed by atoms with Crippen LogP contribution in [0, 0.1) is 11.8 Å². The summed E-state index contributed by atoms with van der Waals surface area (Å²) in [5.41, 5.74) is -0.716. The standard InChI is InChI=1S/C16H30N2O2/c1-11(2)17-16(15(19)20)7-5-6-14(8-16)18-9-12(3)13(4)10-18/h11-14,17H,5-10H2,1-4H3,(H,19,20). The summed E-state index contributed by atoms with van der Waals surface area (Å²) < 4.78 is 0. The van der Waals surface area contributed by atoms with Gasteiger partial charge in [-0.2, -0.15) is 0 Å². The number of aliphatic carboxylic acids is 1. The van der Waals surface area contributed by atoms with Gasteiger partial charge in [0.2, 0.25) is 0 Å². The minimum Gasteiger partial charge on any atom is -0.480 e. The van der Waals surface area contributed by atoms with Crippen LogP contribution in [0.15, 0.2) is 0 Å². The Kier molecular flexibility index (Phi) is 4.75. The maximum absolute atomic E-state index is 11.8. The summed E-state index contributed by atoms with van der Waals surface area (Å²) in [4.78, 5) is 14.4. The van der Waals surface area contributed by atoms with Crippen LogP contribution in [0.25, 0.3) is 0 Å². The van der Waals surface area contributed by atoms with Crippen molar-refractivity contribution in [3.8, 4) is 0 Å². The largest absolute Gasteiger partial charge is 0.480 e. The van der Waals surface area contributed by atoms with E-state index >= 15 is 0 Å². The van der Waals surface area contributed by atoms with Crippen molar-refractivity contribution in [3.63, 3.8) is 0 Å². The molecule has 2 aliphatic rings. The van der Waals surface area contributed by atoms with Gasteiger partial charge in [-0.05, 0) is 51.4 Å². The number of likely N-dealkylation sites (tertiary alicyclic amines) is 1. The molecule has 0 radical (unpaired) electrons. The first kappa shape index (κ1) is 15.8. The monoisotopic (exact) mass is 282 g/mol. The third-order valence-electron chi connectivity index (χ3n) is 5.23. The maximum Gasteiger partial charge on any atom is 0.323 e. The topological polar surface area (TPSA) is 52.6 Å². The van der Waals surface area contributed by atoms with Gasteiger partial charge in [0, 0.05) is 25.2 Å². The Morgan fingerprint density at radius 3 is 2.40 bits per heavy atom. The lowest BCUT2D eigenvalue weighted by Gasteiger charge is -2.42. The smallest absolute Gasteiger partial charge is 0.323 e. The van der Waals surface area contributed by atoms with Gasteiger partial charge in [-0.25, -0.2) is 0 Å². The number of carbonyl (C=O) groups is 1. The van der Waals surface area contributed by atoms with Crippen LogP contribution >= 0.6 is 0 Å². The summed E-state index contributed by atoms with van der Waals surface area (Å²) in [7, 11) is 0. The first-order chi connectivity index (χ1) is 9.34. The van der Waals surface area contributed by atoms with Crippen LogP contribution in [-0.4, -0.2) is 46.7 Å². The lowest BCUT2D eigenvalue weighted by Crippen LogP contribution is -2.60. The van der Waals surface area contributed by atoms with E-state index in [9.17, 15) is 9.90 Å². The lowest BCUT2D eigenvalue weighted by molar-refractivity contribution is -0.147. The van der Waals surface area contributed by atoms with Gasteiger partial charge < -0.3 is 5.11 Å². The predicted octanol–water partition coefficient (Wildman–Crippen LogP) is 2.34. The number of hydrogen-bond acceptors (Lipinski definition) is 3. The molecule has 4 heteroatoms. The van der Waals surface area contributed by atoms with Crippen LogP contribution in [0.4, 0.5) is 0 Å². The Morgan fingerprint density at radius 1 is 1.30 bits per heavy atom. The first-order valence-corrected chi connectivity index (χ1v) is 8.09. The number of carboxylic acid groups (broad SMARTS) is 1. The van der Waals surface area contributed by atoms with Gasteiger partial charge in [-0.15, -0.1) is 0 Å². The molecule has 2 rings (SSSR count). The molecular formula is C16H30N2O2. The number of hydrogen-bond donors (Lipinski definition) is 2. The summed E-state index contributed by atoms with van der Waals surface area (Å²) in [6.45, 7) is 10.9. The number of rotatable bonds is 4. The van der Waals surface area contributed by atoms with Crippen LogP contribution in [0.5, 0.6) is 0 Å². The molecule has 1 saturated heterocycles. The molecule has 0 aromatic rings. The maximum atomic E-state index is 11.8. The Bertz CT molecular complexity index is 348. The van der Waals surface area contributed by atoms with Crippen LogP contribution in [0.3, 0.4) is 0 Å². The molecule has 1 saturated carbocycles. The zero-order chi connectivity index (χ0) is 14.9. The van der Waals surface area contributed by atoms with Crippen molar-refractivity contribution in [2.45, 2.75) is 71.0 Å². The number of carboxylic acids is 1. The van der Waals surface area contributed by atoms with E-state index in [4.69, 9.17) is 0 Å². The van der Waals surface area contributed by atoms with Gasteiger partial charge in [0.15, 0.2) is 0 Å². The fraction of sp³-hybridized carbons (Fsp3) is 0.938. The SMILES string of the molecule is CC(C)NC1(C(=O)O)CCCC(N2CC(C)C(C)C2)C1. The lowest BCUT2D eigenvalue weighted by atomic mass is 9.78. The molecule has 0 aromatic heterocycles. The van der Waals surface area contributed by atoms with Gasteiger partial charge in [0.1, 0.15) is 5.54 Å². The van der Waals surface area contributed by atoms with E-state index in [-0.39, 0.29) is 6.04 Å². The molecule has 0 bridgehead atoms. The van der Waals surface area contributed by atoms with E-state index in [1.165, 1.54) is 0 Å². The normalized spacial score (nSPS) is 39.4. The quantitative estimate of drug-likeness (QED) is 0.831. The second-order valence-corrected chi connectivity index (χ2v) is 7.34. The van der Waals surface area contributed by atoms with Crippen LogP contribution in [0.2, 0.25) is 0 Å². The van der Waals surface area contributed by atoms with Crippen molar-refractivity contribution in [1.82, 2.24) is 10.2 Å². The second kappa shape index (κ2) is 6.02. The van der Waals surface area contributed by atoms with Crippen molar-refractivity contribution in [1.29, 1.82) is 0 Å². The third-order valence-corrected chi connectivity index (χ3v) is 5.23. The van der Waals surface area contributed by atoms with E-state index in [1.54, 1.807) is 0 Å². The summed E-state index contributed by atoms with van der Waals surface area (Å²) in [5.74, 6) is 0.791. The highest BCUT2D eigenvalue weighted by Crippen LogP contribution is 2.35. The molecule has 116 valence electrons. The Morgan fingerprint density at radius 2 is 1.90 bits per heavy atom. The zero-order valence-corrected chi connectivity index (χ0v) is 13.4. The van der Waals surface area contributed by atoms with Crippen LogP contribution in [0.1, 0.15) is 53.4 Å². The highest BCUT2D eigenvalue weighted by molar-refractivity contribution is 5.79. The van der Waals surface area contributed by atoms with E-state index in [0.717, 1.165) is 50.6 Å². The number of nitrogens with zero attached hydrogens (tertiary/aromatic N) is 1. The van der Waals surface area contributed by atoms with Crippen molar-refractivity contribution < 1.29 is 9.90 Å². The van der Waals surface area contributed by atoms with Crippen molar-refractivity contribution in [3.05, 3.63) is 0 Å². The molecule has 20 heavy (non-hydrogen) atoms. The average Bonchev–Trinajstić information content (AvgIpc) is 2.69. The highest BCUT2D eigenvalue weighted by Gasteiger charge is 2.45. The Labute approximate surface area is 122 Å². The molecule has 1 aliphatic carbocycles. The molecule has 4 atom stereocenters. The Balaban J connectivity index is 2.08. The molecule has 2 fully saturated rings. The van der Waals surface area contributed by atoms with Gasteiger partial charge in [-0.3, -0.25) is 15.0 Å². The van der Waals surface area contributed by atoms with E-state index in [1.807, 2.05) is 13.8 Å². The minimum absolute atomic E-state index is 0.210. The zero-order valence-electron chi connectivity index (χ0n) is 13.4. The van der Waals surface area contributed by atoms with Crippen molar-refractivity contribution in [2.24, 2.45) is 11.8 Å². The van der Waals surface area contributed by atoms with E-state index < -0.39 is 11.5 Å². The average molecular weight is 282 g/mol. The fourth-order valence-electron chi connectivity index (χ4n) is 3.97. The van der Waals surface area contributed by atoms with Crippen molar-refractivity contribution in [2.75, 3.05) is 13.1 Å². The van der Waals surface area contributed by atoms with Gasteiger partial charge >= 0.3 is 5.97 Å². The second-order valence-electron chi connectivity index (χ2n) is 7.34. The molecule has 4 nitrogen and oxygen atoms in total. The molecule has 0 aromatic carbocycles. The molecule has 1 heterocycles. The third kappa shape index (κ3) is 3.17. The fourth-order valence-corrected chi connectivity index (χ4v) is 3.97. The Hall–Kier alpha value is -0.610. The van der Waals surface area contributed by atoms with Crippen LogP contribution in [-0.2, 0) is 4.79 Å². The predicted molar refractivity (Wildman–Crippen MR) is 80.8 cm³/mol.